The van der Waals surface area contributed by atoms with Crippen LogP contribution in [0.5, 0.6) is 5.75 Å². The molecule has 1 rings (SSSR count). The third-order valence-electron chi connectivity index (χ3n) is 1.33. The summed E-state index contributed by atoms with van der Waals surface area (Å²) in [4.78, 5) is 0. The first-order chi connectivity index (χ1) is 5.46. The van der Waals surface area contributed by atoms with Crippen molar-refractivity contribution in [2.24, 2.45) is 0 Å². The molecule has 1 N–H and O–H groups in total. The fourth-order valence-corrected chi connectivity index (χ4v) is 1.87. The van der Waals surface area contributed by atoms with Crippen molar-refractivity contribution < 1.29 is 48.8 Å². The molecular weight excluding hydrogens is 365 g/mol. The molecule has 0 amide bonds. The fourth-order valence-electron chi connectivity index (χ4n) is 0.666. The van der Waals surface area contributed by atoms with Crippen molar-refractivity contribution in [2.75, 3.05) is 0 Å². The number of benzene rings is 1. The zero-order valence-electron chi connectivity index (χ0n) is 5.67. The van der Waals surface area contributed by atoms with Crippen LogP contribution in [0.2, 0.25) is 0 Å². The summed E-state index contributed by atoms with van der Waals surface area (Å²) in [5, 5.41) is 8.48. The Morgan fingerprint density at radius 3 is 1.50 bits per heavy atom. The molecule has 0 fully saturated rings. The Morgan fingerprint density at radius 2 is 1.17 bits per heavy atom. The van der Waals surface area contributed by atoms with Crippen LogP contribution < -0.4 is 3.07 Å². The van der Waals surface area contributed by atoms with Gasteiger partial charge in [0.25, 0.3) is 0 Å². The van der Waals surface area contributed by atoms with E-state index in [1.54, 1.807) is 0 Å². The maximum absolute atomic E-state index is 12.5. The van der Waals surface area contributed by atoms with Gasteiger partial charge in [-0.15, -0.1) is 0 Å². The molecule has 1 aromatic carbocycles. The number of halogens is 4. The van der Waals surface area contributed by atoms with Crippen LogP contribution >= 0.6 is 0 Å². The third kappa shape index (κ3) is 1.30. The molecule has 0 aliphatic heterocycles. The summed E-state index contributed by atoms with van der Waals surface area (Å²) in [5.74, 6) is -8.03. The van der Waals surface area contributed by atoms with Crippen molar-refractivity contribution >= 4 is 3.07 Å². The monoisotopic (exact) mass is 367 g/mol. The van der Waals surface area contributed by atoms with Crippen LogP contribution in [0.25, 0.3) is 0 Å². The zero-order chi connectivity index (χ0) is 9.46. The second kappa shape index (κ2) is 3.20. The second-order valence-corrected chi connectivity index (χ2v) is 4.83. The molecule has 61 valence electrons. The Balaban J connectivity index is 3.60. The van der Waals surface area contributed by atoms with Crippen LogP contribution in [0.4, 0.5) is 17.6 Å². The van der Waals surface area contributed by atoms with E-state index in [2.05, 4.69) is 0 Å². The minimum atomic E-state index is -1.72. The van der Waals surface area contributed by atoms with Crippen molar-refractivity contribution in [1.82, 2.24) is 0 Å². The van der Waals surface area contributed by atoms with Crippen LogP contribution in [0.1, 0.15) is 0 Å². The van der Waals surface area contributed by atoms with Gasteiger partial charge in [0.2, 0.25) is 0 Å². The zero-order valence-corrected chi connectivity index (χ0v) is 11.2. The van der Waals surface area contributed by atoms with Crippen molar-refractivity contribution in [3.05, 3.63) is 23.3 Å². The van der Waals surface area contributed by atoms with E-state index in [1.807, 2.05) is 0 Å². The van der Waals surface area contributed by atoms with Crippen molar-refractivity contribution in [3.8, 4) is 5.75 Å². The molecule has 0 saturated carbocycles. The van der Waals surface area contributed by atoms with E-state index < -0.39 is 58.2 Å². The van der Waals surface area contributed by atoms with Crippen molar-refractivity contribution in [1.29, 1.82) is 0 Å². The summed E-state index contributed by atoms with van der Waals surface area (Å²) >= 11 is -0.583. The van der Waals surface area contributed by atoms with E-state index in [4.69, 9.17) is 5.11 Å². The fraction of sp³-hybridized carbons (Fsp3) is 0. The van der Waals surface area contributed by atoms with Crippen LogP contribution in [0.3, 0.4) is 0 Å². The second-order valence-electron chi connectivity index (χ2n) is 2.08. The van der Waals surface area contributed by atoms with Crippen LogP contribution in [0, 0.1) is 23.3 Å². The SMILES string of the molecule is Oc1c(F)c(F)[c]([Hg])c(F)c1F. The van der Waals surface area contributed by atoms with Gasteiger partial charge < -0.3 is 0 Å². The number of phenolic OH excluding ortho intramolecular Hbond substituents is 1. The molecule has 0 heterocycles. The molecule has 6 heteroatoms. The first kappa shape index (κ1) is 9.76. The van der Waals surface area contributed by atoms with Crippen LogP contribution in [-0.2, 0) is 26.1 Å². The average molecular weight is 366 g/mol. The number of aromatic hydroxyl groups is 1. The maximum atomic E-state index is 12.5. The molecule has 0 unspecified atom stereocenters. The van der Waals surface area contributed by atoms with E-state index in [9.17, 15) is 17.6 Å². The molecule has 0 radical (unpaired) electrons. The molecule has 1 nitrogen and oxygen atoms in total. The molecule has 0 atom stereocenters. The summed E-state index contributed by atoms with van der Waals surface area (Å²) < 4.78 is 49.3. The van der Waals surface area contributed by atoms with Gasteiger partial charge in [0.05, 0.1) is 0 Å². The van der Waals surface area contributed by atoms with E-state index in [1.165, 1.54) is 0 Å². The van der Waals surface area contributed by atoms with E-state index >= 15 is 0 Å². The first-order valence-corrected chi connectivity index (χ1v) is 5.58. The number of hydrogen-bond donors (Lipinski definition) is 1. The quantitative estimate of drug-likeness (QED) is 0.415. The van der Waals surface area contributed by atoms with Gasteiger partial charge in [-0.1, -0.05) is 0 Å². The number of phenols is 1. The van der Waals surface area contributed by atoms with Gasteiger partial charge in [-0.2, -0.15) is 0 Å². The van der Waals surface area contributed by atoms with Gasteiger partial charge in [0, 0.05) is 0 Å². The number of rotatable bonds is 0. The van der Waals surface area contributed by atoms with Gasteiger partial charge in [0.1, 0.15) is 0 Å². The number of hydrogen-bond acceptors (Lipinski definition) is 1. The third-order valence-corrected chi connectivity index (χ3v) is 3.74. The predicted molar refractivity (Wildman–Crippen MR) is 27.6 cm³/mol. The molecule has 0 spiro atoms. The van der Waals surface area contributed by atoms with Gasteiger partial charge in [-0.25, -0.2) is 0 Å². The van der Waals surface area contributed by atoms with E-state index in [0.717, 1.165) is 0 Å². The van der Waals surface area contributed by atoms with E-state index in [0.29, 0.717) is 0 Å². The Morgan fingerprint density at radius 1 is 0.833 bits per heavy atom. The Labute approximate surface area is 81.0 Å². The Hall–Kier alpha value is -0.325. The molecular formula is C6HF4HgO. The van der Waals surface area contributed by atoms with Crippen molar-refractivity contribution in [2.45, 2.75) is 0 Å². The van der Waals surface area contributed by atoms with Gasteiger partial charge in [0.15, 0.2) is 0 Å². The van der Waals surface area contributed by atoms with E-state index in [-0.39, 0.29) is 0 Å². The summed E-state index contributed by atoms with van der Waals surface area (Å²) in [6, 6.07) is 0. The van der Waals surface area contributed by atoms with Gasteiger partial charge >= 0.3 is 80.9 Å². The average Bonchev–Trinajstić information content (AvgIpc) is 2.08. The molecule has 0 bridgehead atoms. The summed E-state index contributed by atoms with van der Waals surface area (Å²) in [5.41, 5.74) is 0. The Bertz CT molecular complexity index is 234. The molecule has 0 aromatic heterocycles. The normalized spacial score (nSPS) is 10.5. The molecule has 0 saturated heterocycles. The molecule has 0 aliphatic carbocycles. The Kier molecular flexibility index (Phi) is 2.60. The standard InChI is InChI=1S/C6HF4O.Hg/c7-2-1-3(8)5(10)6(11)4(2)9;/h11H;. The molecule has 0 aliphatic rings. The minimum absolute atomic E-state index is 0.583. The first-order valence-electron chi connectivity index (χ1n) is 2.83. The van der Waals surface area contributed by atoms with Crippen LogP contribution in [-0.4, -0.2) is 5.11 Å². The summed E-state index contributed by atoms with van der Waals surface area (Å²) in [6.45, 7) is 0. The summed E-state index contributed by atoms with van der Waals surface area (Å²) in [6.07, 6.45) is 0. The summed E-state index contributed by atoms with van der Waals surface area (Å²) in [7, 11) is 0. The van der Waals surface area contributed by atoms with Crippen LogP contribution in [0.15, 0.2) is 0 Å². The molecule has 1 aromatic rings. The predicted octanol–water partition coefficient (Wildman–Crippen LogP) is 1.12. The molecule has 12 heavy (non-hydrogen) atoms. The topological polar surface area (TPSA) is 20.2 Å². The van der Waals surface area contributed by atoms with Gasteiger partial charge in [-0.05, 0) is 0 Å². The van der Waals surface area contributed by atoms with Crippen molar-refractivity contribution in [3.63, 3.8) is 0 Å². The van der Waals surface area contributed by atoms with Gasteiger partial charge in [-0.3, -0.25) is 0 Å².